The average molecular weight is 459 g/mol. The van der Waals surface area contributed by atoms with E-state index >= 15 is 0 Å². The van der Waals surface area contributed by atoms with Crippen molar-refractivity contribution in [3.63, 3.8) is 0 Å². The largest absolute Gasteiger partial charge is 0.493 e. The van der Waals surface area contributed by atoms with Crippen LogP contribution in [0, 0.1) is 5.92 Å². The fourth-order valence-corrected chi connectivity index (χ4v) is 5.35. The highest BCUT2D eigenvalue weighted by Gasteiger charge is 2.32. The molecule has 9 nitrogen and oxygen atoms in total. The molecule has 1 aliphatic heterocycles. The summed E-state index contributed by atoms with van der Waals surface area (Å²) in [5, 5.41) is 10.5. The molecule has 1 saturated carbocycles. The molecule has 3 amide bonds. The van der Waals surface area contributed by atoms with Crippen LogP contribution in [0.5, 0.6) is 5.75 Å². The Bertz CT molecular complexity index is 1130. The first kappa shape index (κ1) is 22.2. The lowest BCUT2D eigenvalue weighted by molar-refractivity contribution is -0.118. The third-order valence-corrected chi connectivity index (χ3v) is 7.61. The van der Waals surface area contributed by atoms with Gasteiger partial charge in [-0.15, -0.1) is 0 Å². The van der Waals surface area contributed by atoms with Crippen LogP contribution in [0.1, 0.15) is 38.1 Å². The van der Waals surface area contributed by atoms with Gasteiger partial charge in [-0.05, 0) is 49.1 Å². The van der Waals surface area contributed by atoms with Crippen LogP contribution in [-0.4, -0.2) is 54.4 Å². The third kappa shape index (κ3) is 5.24. The van der Waals surface area contributed by atoms with Crippen molar-refractivity contribution >= 4 is 21.8 Å². The number of nitrogens with one attached hydrogen (secondary N) is 1. The van der Waals surface area contributed by atoms with Gasteiger partial charge in [-0.2, -0.15) is 10.2 Å². The average Bonchev–Trinajstić information content (AvgIpc) is 3.51. The fraction of sp³-hybridized carbons (Fsp3) is 0.455. The lowest BCUT2D eigenvalue weighted by Gasteiger charge is -2.23. The van der Waals surface area contributed by atoms with Gasteiger partial charge in [-0.1, -0.05) is 19.9 Å². The van der Waals surface area contributed by atoms with E-state index in [-0.39, 0.29) is 29.6 Å². The smallest absolute Gasteiger partial charge is 0.324 e. The van der Waals surface area contributed by atoms with Gasteiger partial charge in [0.1, 0.15) is 12.3 Å². The molecule has 0 spiro atoms. The van der Waals surface area contributed by atoms with Gasteiger partial charge in [0, 0.05) is 5.41 Å². The second-order valence-corrected chi connectivity index (χ2v) is 11.0. The number of ether oxygens (including phenoxy) is 1. The van der Waals surface area contributed by atoms with Crippen LogP contribution in [0.15, 0.2) is 41.3 Å². The molecule has 1 aliphatic carbocycles. The van der Waals surface area contributed by atoms with Crippen molar-refractivity contribution in [3.05, 3.63) is 47.8 Å². The maximum Gasteiger partial charge on any atom is 0.324 e. The SMILES string of the molecule is CC(C)(CS(=O)(=O)c1cccc(OCC2CC2)c1)c1ccc(CN2CC(=O)NC2=O)nn1. The van der Waals surface area contributed by atoms with Crippen LogP contribution >= 0.6 is 0 Å². The number of carbonyl (C=O) groups is 2. The molecule has 0 atom stereocenters. The molecule has 2 aromatic rings. The van der Waals surface area contributed by atoms with Crippen LogP contribution in [-0.2, 0) is 26.6 Å². The molecule has 170 valence electrons. The van der Waals surface area contributed by atoms with Crippen LogP contribution < -0.4 is 10.1 Å². The van der Waals surface area contributed by atoms with E-state index in [2.05, 4.69) is 15.5 Å². The molecule has 1 aromatic heterocycles. The zero-order valence-corrected chi connectivity index (χ0v) is 18.9. The molecule has 2 aliphatic rings. The number of imide groups is 1. The van der Waals surface area contributed by atoms with Gasteiger partial charge in [0.25, 0.3) is 0 Å². The number of hydrogen-bond donors (Lipinski definition) is 1. The Balaban J connectivity index is 1.44. The Morgan fingerprint density at radius 2 is 1.94 bits per heavy atom. The minimum atomic E-state index is -3.60. The number of carbonyl (C=O) groups excluding carboxylic acids is 2. The van der Waals surface area contributed by atoms with Gasteiger partial charge < -0.3 is 9.64 Å². The van der Waals surface area contributed by atoms with Crippen LogP contribution in [0.4, 0.5) is 4.79 Å². The van der Waals surface area contributed by atoms with E-state index in [4.69, 9.17) is 4.74 Å². The molecule has 2 fully saturated rings. The number of benzene rings is 1. The summed E-state index contributed by atoms with van der Waals surface area (Å²) in [6, 6.07) is 9.55. The van der Waals surface area contributed by atoms with Gasteiger partial charge in [0.05, 0.1) is 35.2 Å². The Morgan fingerprint density at radius 3 is 2.56 bits per heavy atom. The summed E-state index contributed by atoms with van der Waals surface area (Å²) in [5.41, 5.74) is 0.238. The highest BCUT2D eigenvalue weighted by atomic mass is 32.2. The summed E-state index contributed by atoms with van der Waals surface area (Å²) in [6.07, 6.45) is 2.32. The monoisotopic (exact) mass is 458 g/mol. The number of amides is 3. The van der Waals surface area contributed by atoms with Crippen molar-refractivity contribution in [1.29, 1.82) is 0 Å². The molecular weight excluding hydrogens is 432 g/mol. The predicted molar refractivity (Wildman–Crippen MR) is 116 cm³/mol. The molecule has 4 rings (SSSR count). The van der Waals surface area contributed by atoms with Gasteiger partial charge in [0.2, 0.25) is 5.91 Å². The summed E-state index contributed by atoms with van der Waals surface area (Å²) in [5.74, 6) is 0.636. The molecular formula is C22H26N4O5S. The van der Waals surface area contributed by atoms with E-state index in [9.17, 15) is 18.0 Å². The number of urea groups is 1. The molecule has 32 heavy (non-hydrogen) atoms. The first-order chi connectivity index (χ1) is 15.1. The van der Waals surface area contributed by atoms with Crippen molar-refractivity contribution < 1.29 is 22.7 Å². The van der Waals surface area contributed by atoms with E-state index in [1.54, 1.807) is 50.2 Å². The summed E-state index contributed by atoms with van der Waals surface area (Å²) >= 11 is 0. The third-order valence-electron chi connectivity index (χ3n) is 5.53. The number of sulfone groups is 1. The summed E-state index contributed by atoms with van der Waals surface area (Å²) in [6.45, 7) is 4.35. The quantitative estimate of drug-likeness (QED) is 0.572. The van der Waals surface area contributed by atoms with Crippen molar-refractivity contribution in [2.45, 2.75) is 43.5 Å². The maximum atomic E-state index is 13.1. The molecule has 0 bridgehead atoms. The molecule has 2 heterocycles. The summed E-state index contributed by atoms with van der Waals surface area (Å²) < 4.78 is 31.9. The van der Waals surface area contributed by atoms with Crippen molar-refractivity contribution in [3.8, 4) is 5.75 Å². The van der Waals surface area contributed by atoms with E-state index in [0.29, 0.717) is 29.7 Å². The van der Waals surface area contributed by atoms with Crippen LogP contribution in [0.3, 0.4) is 0 Å². The minimum Gasteiger partial charge on any atom is -0.493 e. The van der Waals surface area contributed by atoms with E-state index in [1.165, 1.54) is 4.90 Å². The Kier molecular flexibility index (Phi) is 5.89. The van der Waals surface area contributed by atoms with Crippen molar-refractivity contribution in [1.82, 2.24) is 20.4 Å². The van der Waals surface area contributed by atoms with E-state index < -0.39 is 21.3 Å². The normalized spacial score (nSPS) is 16.9. The number of rotatable bonds is 9. The van der Waals surface area contributed by atoms with Gasteiger partial charge in [0.15, 0.2) is 9.84 Å². The van der Waals surface area contributed by atoms with Crippen LogP contribution in [0.2, 0.25) is 0 Å². The maximum absolute atomic E-state index is 13.1. The zero-order valence-electron chi connectivity index (χ0n) is 18.1. The fourth-order valence-electron chi connectivity index (χ4n) is 3.50. The number of hydrogen-bond acceptors (Lipinski definition) is 7. The molecule has 0 unspecified atom stereocenters. The lowest BCUT2D eigenvalue weighted by Crippen LogP contribution is -2.31. The second-order valence-electron chi connectivity index (χ2n) is 8.99. The Hall–Kier alpha value is -3.01. The lowest BCUT2D eigenvalue weighted by atomic mass is 9.91. The molecule has 1 saturated heterocycles. The highest BCUT2D eigenvalue weighted by molar-refractivity contribution is 7.91. The minimum absolute atomic E-state index is 0.0184. The first-order valence-corrected chi connectivity index (χ1v) is 12.2. The van der Waals surface area contributed by atoms with Crippen LogP contribution in [0.25, 0.3) is 0 Å². The number of aromatic nitrogens is 2. The van der Waals surface area contributed by atoms with Gasteiger partial charge in [-0.3, -0.25) is 10.1 Å². The first-order valence-electron chi connectivity index (χ1n) is 10.5. The molecule has 1 N–H and O–H groups in total. The topological polar surface area (TPSA) is 119 Å². The predicted octanol–water partition coefficient (Wildman–Crippen LogP) is 2.07. The molecule has 1 aromatic carbocycles. The van der Waals surface area contributed by atoms with E-state index in [0.717, 1.165) is 12.8 Å². The number of nitrogens with zero attached hydrogens (tertiary/aromatic N) is 3. The van der Waals surface area contributed by atoms with E-state index in [1.807, 2.05) is 0 Å². The zero-order chi connectivity index (χ0) is 22.9. The molecule has 0 radical (unpaired) electrons. The summed E-state index contributed by atoms with van der Waals surface area (Å²) in [7, 11) is -3.60. The molecule has 10 heteroatoms. The standard InChI is InChI=1S/C22H26N4O5S/c1-22(2,19-9-8-16(24-25-19)11-26-12-20(27)23-21(26)28)14-32(29,30)18-5-3-4-17(10-18)31-13-15-6-7-15/h3-5,8-10,15H,6-7,11-14H2,1-2H3,(H,23,27,28). The van der Waals surface area contributed by atoms with Gasteiger partial charge in [-0.25, -0.2) is 13.2 Å². The van der Waals surface area contributed by atoms with Crippen molar-refractivity contribution in [2.75, 3.05) is 18.9 Å². The summed E-state index contributed by atoms with van der Waals surface area (Å²) in [4.78, 5) is 24.5. The van der Waals surface area contributed by atoms with Gasteiger partial charge >= 0.3 is 6.03 Å². The second kappa shape index (κ2) is 8.50. The Morgan fingerprint density at radius 1 is 1.16 bits per heavy atom. The van der Waals surface area contributed by atoms with Crippen molar-refractivity contribution in [2.24, 2.45) is 5.92 Å². The highest BCUT2D eigenvalue weighted by Crippen LogP contribution is 2.31. The Labute approximate surface area is 187 Å².